The monoisotopic (exact) mass is 407 g/mol. The second-order valence-corrected chi connectivity index (χ2v) is 7.23. The third-order valence-corrected chi connectivity index (χ3v) is 4.82. The number of aromatic nitrogens is 2. The predicted molar refractivity (Wildman–Crippen MR) is 113 cm³/mol. The molecule has 4 rings (SSSR count). The zero-order chi connectivity index (χ0) is 20.8. The number of rotatable bonds is 7. The van der Waals surface area contributed by atoms with E-state index in [9.17, 15) is 4.79 Å². The Bertz CT molecular complexity index is 981. The first-order valence-corrected chi connectivity index (χ1v) is 10.0. The van der Waals surface area contributed by atoms with E-state index in [0.717, 1.165) is 18.4 Å². The smallest absolute Gasteiger partial charge is 0.257 e. The number of hydrogen-bond acceptors (Lipinski definition) is 5. The summed E-state index contributed by atoms with van der Waals surface area (Å²) in [6.45, 7) is 1.77. The third-order valence-electron chi connectivity index (χ3n) is 4.82. The Morgan fingerprint density at radius 2 is 1.90 bits per heavy atom. The van der Waals surface area contributed by atoms with Gasteiger partial charge in [0.15, 0.2) is 5.82 Å². The van der Waals surface area contributed by atoms with Gasteiger partial charge in [0.1, 0.15) is 24.2 Å². The van der Waals surface area contributed by atoms with Crippen LogP contribution in [-0.2, 0) is 18.4 Å². The molecule has 7 heteroatoms. The van der Waals surface area contributed by atoms with Crippen LogP contribution >= 0.6 is 0 Å². The molecule has 7 nitrogen and oxygen atoms in total. The lowest BCUT2D eigenvalue weighted by Gasteiger charge is -2.24. The Labute approximate surface area is 175 Å². The summed E-state index contributed by atoms with van der Waals surface area (Å²) in [5, 5.41) is 7.01. The highest BCUT2D eigenvalue weighted by Crippen LogP contribution is 2.27. The lowest BCUT2D eigenvalue weighted by molar-refractivity contribution is 0.0254. The minimum atomic E-state index is -0.268. The summed E-state index contributed by atoms with van der Waals surface area (Å²) in [5.74, 6) is 1.41. The van der Waals surface area contributed by atoms with E-state index in [4.69, 9.17) is 14.2 Å². The van der Waals surface area contributed by atoms with Gasteiger partial charge in [-0.05, 0) is 17.7 Å². The number of ether oxygens (including phenoxy) is 3. The fourth-order valence-corrected chi connectivity index (χ4v) is 3.25. The van der Waals surface area contributed by atoms with E-state index in [-0.39, 0.29) is 12.0 Å². The molecule has 1 aromatic heterocycles. The molecule has 1 aliphatic rings. The number of amides is 1. The predicted octanol–water partition coefficient (Wildman–Crippen LogP) is 3.81. The van der Waals surface area contributed by atoms with Crippen molar-refractivity contribution in [1.82, 2.24) is 9.78 Å². The van der Waals surface area contributed by atoms with Crippen LogP contribution in [0.4, 0.5) is 5.82 Å². The SMILES string of the molecule is Cn1ccc(NC(=O)c2cc(OCc3ccccc3)cc(OC3CCOCC3)c2)n1. The number of benzene rings is 2. The maximum absolute atomic E-state index is 12.8. The molecule has 0 spiro atoms. The summed E-state index contributed by atoms with van der Waals surface area (Å²) >= 11 is 0. The van der Waals surface area contributed by atoms with Gasteiger partial charge in [-0.3, -0.25) is 9.48 Å². The van der Waals surface area contributed by atoms with Gasteiger partial charge in [0.2, 0.25) is 0 Å². The fraction of sp³-hybridized carbons (Fsp3) is 0.304. The summed E-state index contributed by atoms with van der Waals surface area (Å²) in [6, 6.07) is 16.9. The van der Waals surface area contributed by atoms with E-state index >= 15 is 0 Å². The molecule has 1 fully saturated rings. The Kier molecular flexibility index (Phi) is 6.29. The van der Waals surface area contributed by atoms with Gasteiger partial charge in [-0.1, -0.05) is 30.3 Å². The van der Waals surface area contributed by atoms with Crippen molar-refractivity contribution >= 4 is 11.7 Å². The fourth-order valence-electron chi connectivity index (χ4n) is 3.25. The van der Waals surface area contributed by atoms with Gasteiger partial charge in [-0.2, -0.15) is 5.10 Å². The van der Waals surface area contributed by atoms with Gasteiger partial charge in [0.05, 0.1) is 13.2 Å². The number of nitrogens with one attached hydrogen (secondary N) is 1. The van der Waals surface area contributed by atoms with Crippen LogP contribution in [0.15, 0.2) is 60.8 Å². The van der Waals surface area contributed by atoms with Crippen molar-refractivity contribution in [2.75, 3.05) is 18.5 Å². The van der Waals surface area contributed by atoms with E-state index in [1.165, 1.54) is 0 Å². The van der Waals surface area contributed by atoms with Crippen molar-refractivity contribution in [2.24, 2.45) is 7.05 Å². The van der Waals surface area contributed by atoms with E-state index < -0.39 is 0 Å². The zero-order valence-electron chi connectivity index (χ0n) is 16.9. The van der Waals surface area contributed by atoms with Gasteiger partial charge >= 0.3 is 0 Å². The lowest BCUT2D eigenvalue weighted by Crippen LogP contribution is -2.26. The summed E-state index contributed by atoms with van der Waals surface area (Å²) in [6.07, 6.45) is 3.49. The molecule has 1 amide bonds. The molecule has 0 radical (unpaired) electrons. The topological polar surface area (TPSA) is 74.6 Å². The molecular formula is C23H25N3O4. The van der Waals surface area contributed by atoms with Crippen molar-refractivity contribution in [1.29, 1.82) is 0 Å². The van der Waals surface area contributed by atoms with Crippen molar-refractivity contribution in [2.45, 2.75) is 25.6 Å². The number of aryl methyl sites for hydroxylation is 1. The largest absolute Gasteiger partial charge is 0.490 e. The zero-order valence-corrected chi connectivity index (χ0v) is 16.9. The molecule has 1 saturated heterocycles. The van der Waals surface area contributed by atoms with Crippen LogP contribution in [0.2, 0.25) is 0 Å². The number of nitrogens with zero attached hydrogens (tertiary/aromatic N) is 2. The Balaban J connectivity index is 1.53. The Morgan fingerprint density at radius 1 is 1.13 bits per heavy atom. The molecule has 0 bridgehead atoms. The molecule has 0 saturated carbocycles. The van der Waals surface area contributed by atoms with Crippen LogP contribution in [0.1, 0.15) is 28.8 Å². The molecule has 2 aromatic carbocycles. The Morgan fingerprint density at radius 3 is 2.63 bits per heavy atom. The molecule has 30 heavy (non-hydrogen) atoms. The van der Waals surface area contributed by atoms with E-state index in [1.807, 2.05) is 36.4 Å². The van der Waals surface area contributed by atoms with Crippen molar-refractivity contribution in [3.8, 4) is 11.5 Å². The van der Waals surface area contributed by atoms with Crippen LogP contribution < -0.4 is 14.8 Å². The quantitative estimate of drug-likeness (QED) is 0.645. The second-order valence-electron chi connectivity index (χ2n) is 7.23. The maximum atomic E-state index is 12.8. The first kappa shape index (κ1) is 20.0. The molecule has 1 N–H and O–H groups in total. The normalized spacial score (nSPS) is 14.3. The highest BCUT2D eigenvalue weighted by Gasteiger charge is 2.18. The molecule has 1 aliphatic heterocycles. The van der Waals surface area contributed by atoms with Crippen molar-refractivity contribution in [3.63, 3.8) is 0 Å². The average molecular weight is 407 g/mol. The standard InChI is InChI=1S/C23H25N3O4/c1-26-10-7-22(25-26)24-23(27)18-13-20(29-16-17-5-3-2-4-6-17)15-21(14-18)30-19-8-11-28-12-9-19/h2-7,10,13-15,19H,8-9,11-12,16H2,1H3,(H,24,25,27). The van der Waals surface area contributed by atoms with E-state index in [2.05, 4.69) is 10.4 Å². The number of anilines is 1. The summed E-state index contributed by atoms with van der Waals surface area (Å²) in [7, 11) is 1.80. The van der Waals surface area contributed by atoms with Gasteiger partial charge in [0, 0.05) is 43.8 Å². The summed E-state index contributed by atoms with van der Waals surface area (Å²) in [5.41, 5.74) is 1.50. The molecule has 3 aromatic rings. The molecule has 2 heterocycles. The number of carbonyl (C=O) groups is 1. The van der Waals surface area contributed by atoms with Gasteiger partial charge in [0.25, 0.3) is 5.91 Å². The minimum Gasteiger partial charge on any atom is -0.490 e. The van der Waals surface area contributed by atoms with Crippen molar-refractivity contribution < 1.29 is 19.0 Å². The lowest BCUT2D eigenvalue weighted by atomic mass is 10.1. The van der Waals surface area contributed by atoms with Crippen LogP contribution in [0.5, 0.6) is 11.5 Å². The van der Waals surface area contributed by atoms with Gasteiger partial charge in [-0.25, -0.2) is 0 Å². The number of hydrogen-bond donors (Lipinski definition) is 1. The maximum Gasteiger partial charge on any atom is 0.257 e. The molecule has 0 unspecified atom stereocenters. The Hall–Kier alpha value is -3.32. The number of carbonyl (C=O) groups excluding carboxylic acids is 1. The van der Waals surface area contributed by atoms with Crippen LogP contribution in [0.3, 0.4) is 0 Å². The molecule has 0 atom stereocenters. The van der Waals surface area contributed by atoms with Crippen LogP contribution in [0, 0.1) is 0 Å². The van der Waals surface area contributed by atoms with Gasteiger partial charge < -0.3 is 19.5 Å². The van der Waals surface area contributed by atoms with Crippen molar-refractivity contribution in [3.05, 3.63) is 71.9 Å². The summed E-state index contributed by atoms with van der Waals surface area (Å²) < 4.78 is 19.1. The van der Waals surface area contributed by atoms with E-state index in [0.29, 0.717) is 42.7 Å². The van der Waals surface area contributed by atoms with Crippen LogP contribution in [0.25, 0.3) is 0 Å². The minimum absolute atomic E-state index is 0.0647. The van der Waals surface area contributed by atoms with Gasteiger partial charge in [-0.15, -0.1) is 0 Å². The molecule has 0 aliphatic carbocycles. The first-order chi connectivity index (χ1) is 14.7. The highest BCUT2D eigenvalue weighted by molar-refractivity contribution is 6.04. The summed E-state index contributed by atoms with van der Waals surface area (Å²) in [4.78, 5) is 12.8. The average Bonchev–Trinajstić information content (AvgIpc) is 3.18. The molecular weight excluding hydrogens is 382 g/mol. The van der Waals surface area contributed by atoms with E-state index in [1.54, 1.807) is 36.1 Å². The third kappa shape index (κ3) is 5.39. The second kappa shape index (κ2) is 9.45. The highest BCUT2D eigenvalue weighted by atomic mass is 16.5. The first-order valence-electron chi connectivity index (χ1n) is 10.0. The molecule has 156 valence electrons. The van der Waals surface area contributed by atoms with Crippen LogP contribution in [-0.4, -0.2) is 35.0 Å².